The number of thiophene rings is 1. The molecule has 0 N–H and O–H groups in total. The van der Waals surface area contributed by atoms with Crippen molar-refractivity contribution in [3.8, 4) is 11.1 Å². The second-order valence-corrected chi connectivity index (χ2v) is 20.5. The lowest BCUT2D eigenvalue weighted by Gasteiger charge is -2.47. The molecule has 2 nitrogen and oxygen atoms in total. The van der Waals surface area contributed by atoms with Crippen molar-refractivity contribution in [3.63, 3.8) is 0 Å². The van der Waals surface area contributed by atoms with Crippen molar-refractivity contribution < 1.29 is 0 Å². The number of anilines is 6. The number of hydrogen-bond acceptors (Lipinski definition) is 3. The van der Waals surface area contributed by atoms with Gasteiger partial charge in [-0.05, 0) is 122 Å². The summed E-state index contributed by atoms with van der Waals surface area (Å²) in [6, 6.07) is 49.0. The first-order valence-corrected chi connectivity index (χ1v) is 21.8. The van der Waals surface area contributed by atoms with Gasteiger partial charge in [-0.1, -0.05) is 141 Å². The van der Waals surface area contributed by atoms with Crippen LogP contribution in [0.2, 0.25) is 0 Å². The van der Waals surface area contributed by atoms with E-state index in [2.05, 4.69) is 200 Å². The monoisotopic (exact) mass is 760 g/mol. The lowest BCUT2D eigenvalue weighted by atomic mass is 9.35. The molecule has 0 atom stereocenters. The molecule has 4 heteroatoms. The Labute approximate surface area is 344 Å². The molecule has 3 heterocycles. The van der Waals surface area contributed by atoms with Gasteiger partial charge < -0.3 is 9.80 Å². The van der Waals surface area contributed by atoms with E-state index in [0.29, 0.717) is 5.92 Å². The third kappa shape index (κ3) is 5.58. The first-order valence-electron chi connectivity index (χ1n) is 21.0. The molecule has 6 aromatic carbocycles. The molecule has 0 saturated carbocycles. The Bertz CT molecular complexity index is 2710. The molecule has 0 saturated heterocycles. The Kier molecular flexibility index (Phi) is 8.10. The molecule has 0 spiro atoms. The van der Waals surface area contributed by atoms with Crippen molar-refractivity contribution in [3.05, 3.63) is 150 Å². The van der Waals surface area contributed by atoms with Crippen LogP contribution in [0.4, 0.5) is 34.1 Å². The third-order valence-electron chi connectivity index (χ3n) is 13.5. The third-order valence-corrected chi connectivity index (χ3v) is 14.7. The fraction of sp³-hybridized carbons (Fsp3) is 0.283. The van der Waals surface area contributed by atoms with E-state index in [0.717, 1.165) is 0 Å². The smallest absolute Gasteiger partial charge is 0.264 e. The van der Waals surface area contributed by atoms with Crippen LogP contribution < -0.4 is 25.5 Å². The van der Waals surface area contributed by atoms with Gasteiger partial charge in [0, 0.05) is 43.2 Å². The molecule has 0 amide bonds. The molecule has 57 heavy (non-hydrogen) atoms. The number of fused-ring (bicyclic) bond motifs is 7. The maximum absolute atomic E-state index is 2.66. The zero-order valence-corrected chi connectivity index (χ0v) is 35.8. The first kappa shape index (κ1) is 36.3. The zero-order chi connectivity index (χ0) is 39.6. The molecule has 10 rings (SSSR count). The summed E-state index contributed by atoms with van der Waals surface area (Å²) in [5, 5.41) is 1.35. The summed E-state index contributed by atoms with van der Waals surface area (Å²) in [5.74, 6) is 0.469. The van der Waals surface area contributed by atoms with E-state index < -0.39 is 0 Å². The van der Waals surface area contributed by atoms with Gasteiger partial charge in [-0.15, -0.1) is 11.3 Å². The van der Waals surface area contributed by atoms with Gasteiger partial charge in [0.25, 0.3) is 6.71 Å². The van der Waals surface area contributed by atoms with Gasteiger partial charge in [0.05, 0.1) is 11.4 Å². The average Bonchev–Trinajstić information content (AvgIpc) is 3.58. The van der Waals surface area contributed by atoms with Crippen molar-refractivity contribution in [2.75, 3.05) is 9.80 Å². The minimum Gasteiger partial charge on any atom is -0.311 e. The van der Waals surface area contributed by atoms with Crippen molar-refractivity contribution in [1.82, 2.24) is 0 Å². The van der Waals surface area contributed by atoms with Crippen LogP contribution in [0, 0.1) is 0 Å². The number of para-hydroxylation sites is 1. The molecule has 3 aliphatic rings. The maximum atomic E-state index is 2.66. The van der Waals surface area contributed by atoms with Crippen LogP contribution in [0.1, 0.15) is 103 Å². The Hall–Kier alpha value is -5.06. The number of rotatable bonds is 4. The highest BCUT2D eigenvalue weighted by molar-refractivity contribution is 7.33. The molecular formula is C53H53BN2S. The molecule has 0 fully saturated rings. The van der Waals surface area contributed by atoms with E-state index in [9.17, 15) is 0 Å². The van der Waals surface area contributed by atoms with Gasteiger partial charge in [-0.3, -0.25) is 0 Å². The van der Waals surface area contributed by atoms with Gasteiger partial charge in [-0.25, -0.2) is 0 Å². The lowest BCUT2D eigenvalue weighted by Crippen LogP contribution is -2.61. The van der Waals surface area contributed by atoms with E-state index in [1.807, 2.05) is 11.3 Å². The molecule has 1 aliphatic carbocycles. The van der Waals surface area contributed by atoms with Crippen LogP contribution in [-0.4, -0.2) is 6.71 Å². The summed E-state index contributed by atoms with van der Waals surface area (Å²) in [4.78, 5) is 5.23. The highest BCUT2D eigenvalue weighted by Gasteiger charge is 2.47. The van der Waals surface area contributed by atoms with Crippen molar-refractivity contribution in [1.29, 1.82) is 0 Å². The predicted molar refractivity (Wildman–Crippen MR) is 249 cm³/mol. The first-order chi connectivity index (χ1) is 27.2. The number of nitrogens with zero attached hydrogens (tertiary/aromatic N) is 2. The molecule has 2 aliphatic heterocycles. The lowest BCUT2D eigenvalue weighted by molar-refractivity contribution is 0.332. The number of benzene rings is 6. The summed E-state index contributed by atoms with van der Waals surface area (Å²) in [6.45, 7) is 21.5. The standard InChI is InChI=1S/C53H53BN2S/c1-33(2)34-22-25-37(26-23-34)55-44-20-15-21-45-48(44)54(50-49(55)39-30-36(51(3,4)5)24-27-47(39)57-50)42-31-40-41(53(8,9)29-28-52(40,6)7)32-46(42)56(45)43-19-14-13-18-38(43)35-16-11-10-12-17-35/h10-27,30-33H,28-29H2,1-9H3. The van der Waals surface area contributed by atoms with Crippen LogP contribution in [0.25, 0.3) is 21.2 Å². The number of hydrogen-bond donors (Lipinski definition) is 0. The molecule has 7 aromatic rings. The molecule has 0 radical (unpaired) electrons. The molecule has 1 aromatic heterocycles. The molecule has 0 bridgehead atoms. The second kappa shape index (κ2) is 12.7. The van der Waals surface area contributed by atoms with E-state index in [1.54, 1.807) is 0 Å². The van der Waals surface area contributed by atoms with E-state index >= 15 is 0 Å². The van der Waals surface area contributed by atoms with Gasteiger partial charge in [0.2, 0.25) is 0 Å². The predicted octanol–water partition coefficient (Wildman–Crippen LogP) is 13.4. The van der Waals surface area contributed by atoms with Crippen LogP contribution in [0.5, 0.6) is 0 Å². The largest absolute Gasteiger partial charge is 0.311 e. The van der Waals surface area contributed by atoms with Gasteiger partial charge in [0.1, 0.15) is 0 Å². The van der Waals surface area contributed by atoms with Crippen LogP contribution >= 0.6 is 11.3 Å². The van der Waals surface area contributed by atoms with Crippen molar-refractivity contribution in [2.45, 2.75) is 97.3 Å². The Balaban J connectivity index is 1.33. The van der Waals surface area contributed by atoms with Crippen molar-refractivity contribution >= 4 is 78.0 Å². The topological polar surface area (TPSA) is 6.48 Å². The Morgan fingerprint density at radius 2 is 1.26 bits per heavy atom. The fourth-order valence-corrected chi connectivity index (χ4v) is 11.3. The molecule has 284 valence electrons. The van der Waals surface area contributed by atoms with Crippen LogP contribution in [0.3, 0.4) is 0 Å². The SMILES string of the molecule is CC(C)c1ccc(N2c3cccc4c3B(c3cc5c(cc3N4c3ccccc3-c3ccccc3)C(C)(C)CCC5(C)C)c3sc4ccc(C(C)(C)C)cc4c32)cc1. The van der Waals surface area contributed by atoms with Crippen molar-refractivity contribution in [2.24, 2.45) is 0 Å². The van der Waals surface area contributed by atoms with Gasteiger partial charge >= 0.3 is 0 Å². The highest BCUT2D eigenvalue weighted by Crippen LogP contribution is 2.52. The Morgan fingerprint density at radius 1 is 0.632 bits per heavy atom. The summed E-state index contributed by atoms with van der Waals surface area (Å²) >= 11 is 2.00. The van der Waals surface area contributed by atoms with Gasteiger partial charge in [0.15, 0.2) is 0 Å². The van der Waals surface area contributed by atoms with Crippen LogP contribution in [0.15, 0.2) is 127 Å². The Morgan fingerprint density at radius 3 is 1.95 bits per heavy atom. The minimum atomic E-state index is 0.0357. The highest BCUT2D eigenvalue weighted by atomic mass is 32.1. The average molecular weight is 761 g/mol. The van der Waals surface area contributed by atoms with E-state index in [-0.39, 0.29) is 23.0 Å². The normalized spacial score (nSPS) is 16.4. The van der Waals surface area contributed by atoms with E-state index in [4.69, 9.17) is 0 Å². The van der Waals surface area contributed by atoms with E-state index in [1.165, 1.54) is 106 Å². The summed E-state index contributed by atoms with van der Waals surface area (Å²) < 4.78 is 2.79. The second-order valence-electron chi connectivity index (χ2n) is 19.4. The summed E-state index contributed by atoms with van der Waals surface area (Å²) in [7, 11) is 0. The van der Waals surface area contributed by atoms with Gasteiger partial charge in [-0.2, -0.15) is 0 Å². The van der Waals surface area contributed by atoms with Crippen LogP contribution in [-0.2, 0) is 16.2 Å². The zero-order valence-electron chi connectivity index (χ0n) is 35.0. The molecule has 0 unspecified atom stereocenters. The minimum absolute atomic E-state index is 0.0357. The quantitative estimate of drug-likeness (QED) is 0.165. The fourth-order valence-electron chi connectivity index (χ4n) is 10.0. The summed E-state index contributed by atoms with van der Waals surface area (Å²) in [5.41, 5.74) is 18.8. The maximum Gasteiger partial charge on any atom is 0.264 e. The summed E-state index contributed by atoms with van der Waals surface area (Å²) in [6.07, 6.45) is 2.36. The molecular weight excluding hydrogens is 707 g/mol.